The fourth-order valence-electron chi connectivity index (χ4n) is 6.05. The van der Waals surface area contributed by atoms with Crippen molar-refractivity contribution in [3.8, 4) is 0 Å². The summed E-state index contributed by atoms with van der Waals surface area (Å²) in [7, 11) is 1.54. The summed E-state index contributed by atoms with van der Waals surface area (Å²) in [6.07, 6.45) is 24.7. The van der Waals surface area contributed by atoms with E-state index in [4.69, 9.17) is 4.84 Å². The van der Waals surface area contributed by atoms with Gasteiger partial charge >= 0.3 is 0 Å². The van der Waals surface area contributed by atoms with Crippen molar-refractivity contribution in [3.63, 3.8) is 0 Å². The highest BCUT2D eigenvalue weighted by Gasteiger charge is 2.47. The predicted octanol–water partition coefficient (Wildman–Crippen LogP) is 15.7. The summed E-state index contributed by atoms with van der Waals surface area (Å²) in [6, 6.07) is 12.3. The van der Waals surface area contributed by atoms with Crippen molar-refractivity contribution in [2.45, 2.75) is 180 Å². The molecule has 414 valence electrons. The van der Waals surface area contributed by atoms with Crippen LogP contribution in [0.25, 0.3) is 0 Å². The number of aromatic nitrogens is 9. The molecule has 0 radical (unpaired) electrons. The van der Waals surface area contributed by atoms with E-state index in [1.807, 2.05) is 102 Å². The molecule has 1 fully saturated rings. The number of oxime groups is 2. The van der Waals surface area contributed by atoms with Crippen LogP contribution >= 0.6 is 11.3 Å². The second-order valence-corrected chi connectivity index (χ2v) is 21.7. The van der Waals surface area contributed by atoms with Gasteiger partial charge in [0.25, 0.3) is 0 Å². The van der Waals surface area contributed by atoms with E-state index in [1.54, 1.807) is 43.4 Å². The second-order valence-electron chi connectivity index (χ2n) is 21.0. The molecular formula is C61H97N11O2S. The van der Waals surface area contributed by atoms with E-state index in [2.05, 4.69) is 181 Å². The molecule has 1 aliphatic rings. The Labute approximate surface area is 458 Å². The lowest BCUT2D eigenvalue weighted by Gasteiger charge is -2.18. The molecule has 7 rings (SSSR count). The van der Waals surface area contributed by atoms with Gasteiger partial charge in [-0.15, -0.1) is 11.3 Å². The molecule has 14 heteroatoms. The minimum atomic E-state index is 0.431. The van der Waals surface area contributed by atoms with E-state index >= 15 is 0 Å². The third-order valence-electron chi connectivity index (χ3n) is 10.5. The lowest BCUT2D eigenvalue weighted by molar-refractivity contribution is 0.159. The molecule has 75 heavy (non-hydrogen) atoms. The highest BCUT2D eigenvalue weighted by molar-refractivity contribution is 7.07. The Balaban J connectivity index is 0.000000839. The Bertz CT molecular complexity index is 2200. The molecule has 0 saturated heterocycles. The number of thiazole rings is 1. The average molecular weight is 1050 g/mol. The third-order valence-corrected chi connectivity index (χ3v) is 11.1. The largest absolute Gasteiger partial charge is 0.399 e. The normalized spacial score (nSPS) is 11.9. The fourth-order valence-corrected chi connectivity index (χ4v) is 6.62. The smallest absolute Gasteiger partial charge is 0.130 e. The first-order chi connectivity index (χ1) is 35.6. The first-order valence-electron chi connectivity index (χ1n) is 26.8. The second kappa shape index (κ2) is 41.4. The van der Waals surface area contributed by atoms with Crippen LogP contribution in [0.15, 0.2) is 114 Å². The zero-order chi connectivity index (χ0) is 56.6. The van der Waals surface area contributed by atoms with E-state index < -0.39 is 0 Å². The van der Waals surface area contributed by atoms with Gasteiger partial charge in [-0.3, -0.25) is 19.9 Å². The Morgan fingerprint density at radius 3 is 1.55 bits per heavy atom. The Kier molecular flexibility index (Phi) is 38.1. The first kappa shape index (κ1) is 69.1. The zero-order valence-electron chi connectivity index (χ0n) is 49.8. The van der Waals surface area contributed by atoms with Crippen molar-refractivity contribution in [2.24, 2.45) is 39.9 Å². The number of pyridine rings is 2. The molecule has 0 amide bonds. The molecule has 13 nitrogen and oxygen atoms in total. The van der Waals surface area contributed by atoms with Crippen molar-refractivity contribution in [2.75, 3.05) is 13.7 Å². The summed E-state index contributed by atoms with van der Waals surface area (Å²) in [5.74, 6) is 5.50. The summed E-state index contributed by atoms with van der Waals surface area (Å²) in [4.78, 5) is 46.4. The van der Waals surface area contributed by atoms with Gasteiger partial charge in [0.15, 0.2) is 0 Å². The van der Waals surface area contributed by atoms with Crippen molar-refractivity contribution < 1.29 is 9.68 Å². The van der Waals surface area contributed by atoms with Crippen LogP contribution in [0.2, 0.25) is 0 Å². The van der Waals surface area contributed by atoms with Gasteiger partial charge in [-0.1, -0.05) is 133 Å². The minimum absolute atomic E-state index is 0.431. The number of hydrogen-bond acceptors (Lipinski definition) is 14. The van der Waals surface area contributed by atoms with Gasteiger partial charge < -0.3 is 9.68 Å². The van der Waals surface area contributed by atoms with E-state index in [1.165, 1.54) is 35.5 Å². The van der Waals surface area contributed by atoms with Gasteiger partial charge in [0.05, 0.1) is 22.6 Å². The molecule has 0 unspecified atom stereocenters. The lowest BCUT2D eigenvalue weighted by atomic mass is 9.89. The average Bonchev–Trinajstić information content (AvgIpc) is 4.05. The van der Waals surface area contributed by atoms with Gasteiger partial charge in [-0.2, -0.15) is 0 Å². The molecule has 0 aliphatic heterocycles. The maximum atomic E-state index is 4.71. The van der Waals surface area contributed by atoms with Crippen LogP contribution in [-0.4, -0.2) is 71.0 Å². The molecule has 0 bridgehead atoms. The molecule has 1 saturated carbocycles. The molecule has 0 N–H and O–H groups in total. The Hall–Kier alpha value is -5.89. The molecule has 0 spiro atoms. The van der Waals surface area contributed by atoms with Crippen LogP contribution in [0.5, 0.6) is 0 Å². The number of aryl methyl sites for hydroxylation is 2. The fraction of sp³-hybridized carbons (Fsp3) is 0.557. The zero-order valence-corrected chi connectivity index (χ0v) is 50.6. The van der Waals surface area contributed by atoms with Crippen LogP contribution < -0.4 is 0 Å². The third kappa shape index (κ3) is 35.9. The van der Waals surface area contributed by atoms with Crippen molar-refractivity contribution in [3.05, 3.63) is 149 Å². The van der Waals surface area contributed by atoms with Gasteiger partial charge in [-0.05, 0) is 123 Å². The van der Waals surface area contributed by atoms with Crippen LogP contribution in [-0.2, 0) is 27.9 Å². The number of nitrogens with zero attached hydrogens (tertiary/aromatic N) is 11. The molecule has 6 heterocycles. The maximum absolute atomic E-state index is 4.71. The van der Waals surface area contributed by atoms with Gasteiger partial charge in [0.2, 0.25) is 0 Å². The van der Waals surface area contributed by atoms with E-state index in [0.29, 0.717) is 47.5 Å². The monoisotopic (exact) mass is 1050 g/mol. The predicted molar refractivity (Wildman–Crippen MR) is 317 cm³/mol. The SMILES string of the molecule is CC(C)C1(c2ccccn2)CC1.CC(C)Cc1ccccn1.CC(C)Cc1cscn1.CC(C)c1cncnc1.CCON=CC(C)C.CON=CC(C)C.Cc1cnc(C(C)C)cn1.Cc1cnc(C(C)C)nc1. The summed E-state index contributed by atoms with van der Waals surface area (Å²) >= 11 is 1.67. The molecule has 6 aromatic rings. The summed E-state index contributed by atoms with van der Waals surface area (Å²) in [5, 5.41) is 9.32. The molecule has 6 aromatic heterocycles. The topological polar surface area (TPSA) is 159 Å². The summed E-state index contributed by atoms with van der Waals surface area (Å²) in [6.45, 7) is 40.8. The molecule has 0 atom stereocenters. The maximum Gasteiger partial charge on any atom is 0.130 e. The minimum Gasteiger partial charge on any atom is -0.399 e. The van der Waals surface area contributed by atoms with Crippen LogP contribution in [0.4, 0.5) is 0 Å². The van der Waals surface area contributed by atoms with E-state index in [-0.39, 0.29) is 0 Å². The quantitative estimate of drug-likeness (QED) is 0.0755. The lowest BCUT2D eigenvalue weighted by Crippen LogP contribution is -2.15. The highest BCUT2D eigenvalue weighted by atomic mass is 32.1. The van der Waals surface area contributed by atoms with Crippen LogP contribution in [0.3, 0.4) is 0 Å². The first-order valence-corrected chi connectivity index (χ1v) is 27.7. The standard InChI is InChI=1S/C11H15N.C9H13N.2C8H12N2.C7H10N2.C7H11NS.C6H13NO.C5H11NO/c1-9(2)11(6-7-11)10-5-3-4-8-12-10;1-8(2)7-9-5-3-4-6-10-9;1-6(2)8-5-9-7(3)4-10-8;1-6(2)8-9-4-7(3)5-10-8;1-6(2)7-3-8-5-9-4-7;1-6(2)3-7-4-9-5-8-7;1-4-8-7-5-6(2)3;1-5(2)4-6-7-3/h3-5,8-9H,6-7H2,1-2H3;3-6,8H,7H2,1-2H3;2*4-6H,1-3H3;3-6H,1-2H3;4-6H,3H2,1-2H3;5-6H,4H2,1-3H3;4-5H,1-3H3. The van der Waals surface area contributed by atoms with Crippen LogP contribution in [0, 0.1) is 43.4 Å². The van der Waals surface area contributed by atoms with Gasteiger partial charge in [0.1, 0.15) is 25.9 Å². The summed E-state index contributed by atoms with van der Waals surface area (Å²) < 4.78 is 0. The number of rotatable bonds is 14. The molecule has 0 aromatic carbocycles. The highest BCUT2D eigenvalue weighted by Crippen LogP contribution is 2.52. The number of hydrogen-bond donors (Lipinski definition) is 0. The van der Waals surface area contributed by atoms with E-state index in [0.717, 1.165) is 47.5 Å². The van der Waals surface area contributed by atoms with E-state index in [9.17, 15) is 0 Å². The van der Waals surface area contributed by atoms with Gasteiger partial charge in [-0.25, -0.2) is 24.9 Å². The van der Waals surface area contributed by atoms with Crippen molar-refractivity contribution in [1.82, 2.24) is 44.9 Å². The summed E-state index contributed by atoms with van der Waals surface area (Å²) in [5.41, 5.74) is 10.4. The van der Waals surface area contributed by atoms with Crippen LogP contribution in [0.1, 0.15) is 194 Å². The van der Waals surface area contributed by atoms with Gasteiger partial charge in [0, 0.05) is 90.1 Å². The van der Waals surface area contributed by atoms with Crippen molar-refractivity contribution in [1.29, 1.82) is 0 Å². The molecular weight excluding hydrogens is 951 g/mol. The Morgan fingerprint density at radius 2 is 1.17 bits per heavy atom. The molecule has 1 aliphatic carbocycles. The Morgan fingerprint density at radius 1 is 0.600 bits per heavy atom. The van der Waals surface area contributed by atoms with Crippen molar-refractivity contribution >= 4 is 23.8 Å².